The number of hydrogen-bond donors (Lipinski definition) is 3. The fourth-order valence-electron chi connectivity index (χ4n) is 1.54. The Morgan fingerprint density at radius 2 is 2.06 bits per heavy atom. The van der Waals surface area contributed by atoms with E-state index in [9.17, 15) is 4.79 Å². The lowest BCUT2D eigenvalue weighted by molar-refractivity contribution is 0.249. The van der Waals surface area contributed by atoms with Crippen molar-refractivity contribution in [2.24, 2.45) is 5.73 Å². The average molecular weight is 221 g/mol. The Morgan fingerprint density at radius 1 is 1.31 bits per heavy atom. The normalized spacial score (nSPS) is 10.1. The molecule has 1 aromatic rings. The van der Waals surface area contributed by atoms with Crippen molar-refractivity contribution in [3.05, 3.63) is 34.9 Å². The number of aryl methyl sites for hydroxylation is 2. The first-order valence-electron chi connectivity index (χ1n) is 5.40. The largest absolute Gasteiger partial charge is 0.352 e. The predicted octanol–water partition coefficient (Wildman–Crippen LogP) is 1.06. The van der Waals surface area contributed by atoms with Crippen LogP contribution in [0.2, 0.25) is 0 Å². The number of nitrogens with two attached hydrogens (primary N) is 1. The number of amides is 2. The molecule has 4 N–H and O–H groups in total. The van der Waals surface area contributed by atoms with Crippen molar-refractivity contribution in [1.29, 1.82) is 0 Å². The summed E-state index contributed by atoms with van der Waals surface area (Å²) in [5.41, 5.74) is 8.79. The van der Waals surface area contributed by atoms with Gasteiger partial charge in [-0.1, -0.05) is 23.8 Å². The molecule has 0 aliphatic rings. The van der Waals surface area contributed by atoms with Crippen molar-refractivity contribution in [3.63, 3.8) is 0 Å². The van der Waals surface area contributed by atoms with Gasteiger partial charge in [-0.3, -0.25) is 0 Å². The molecule has 4 heteroatoms. The molecule has 0 bridgehead atoms. The molecule has 1 aromatic carbocycles. The van der Waals surface area contributed by atoms with Crippen molar-refractivity contribution in [3.8, 4) is 0 Å². The van der Waals surface area contributed by atoms with E-state index in [1.165, 1.54) is 16.7 Å². The average Bonchev–Trinajstić information content (AvgIpc) is 2.20. The minimum absolute atomic E-state index is 0.478. The van der Waals surface area contributed by atoms with Crippen LogP contribution in [0, 0.1) is 13.8 Å². The van der Waals surface area contributed by atoms with E-state index >= 15 is 0 Å². The molecule has 0 unspecified atom stereocenters. The number of benzene rings is 1. The minimum Gasteiger partial charge on any atom is -0.352 e. The standard InChI is InChI=1S/C12H19N3O/c1-9-3-4-11(10(2)7-9)8-14-5-6-15-12(13)16/h3-4,7,14H,5-6,8H2,1-2H3,(H3,13,15,16). The molecule has 0 atom stereocenters. The van der Waals surface area contributed by atoms with Gasteiger partial charge in [0.05, 0.1) is 0 Å². The van der Waals surface area contributed by atoms with Crippen molar-refractivity contribution >= 4 is 6.03 Å². The highest BCUT2D eigenvalue weighted by Crippen LogP contribution is 2.09. The van der Waals surface area contributed by atoms with E-state index in [1.54, 1.807) is 0 Å². The van der Waals surface area contributed by atoms with Gasteiger partial charge in [-0.2, -0.15) is 0 Å². The van der Waals surface area contributed by atoms with E-state index in [0.717, 1.165) is 13.1 Å². The number of hydrogen-bond acceptors (Lipinski definition) is 2. The molecule has 0 aliphatic carbocycles. The summed E-state index contributed by atoms with van der Waals surface area (Å²) in [7, 11) is 0. The third-order valence-corrected chi connectivity index (χ3v) is 2.41. The monoisotopic (exact) mass is 221 g/mol. The maximum Gasteiger partial charge on any atom is 0.312 e. The number of rotatable bonds is 5. The molecule has 0 saturated carbocycles. The lowest BCUT2D eigenvalue weighted by Gasteiger charge is -2.08. The Hall–Kier alpha value is -1.55. The third-order valence-electron chi connectivity index (χ3n) is 2.41. The first kappa shape index (κ1) is 12.5. The van der Waals surface area contributed by atoms with Crippen LogP contribution < -0.4 is 16.4 Å². The van der Waals surface area contributed by atoms with Crippen LogP contribution in [0.15, 0.2) is 18.2 Å². The predicted molar refractivity (Wildman–Crippen MR) is 65.2 cm³/mol. The quantitative estimate of drug-likeness (QED) is 0.651. The fourth-order valence-corrected chi connectivity index (χ4v) is 1.54. The highest BCUT2D eigenvalue weighted by atomic mass is 16.2. The topological polar surface area (TPSA) is 67.2 Å². The van der Waals surface area contributed by atoms with Crippen molar-refractivity contribution in [1.82, 2.24) is 10.6 Å². The Morgan fingerprint density at radius 3 is 2.69 bits per heavy atom. The second-order valence-corrected chi connectivity index (χ2v) is 3.90. The summed E-state index contributed by atoms with van der Waals surface area (Å²) in [6, 6.07) is 5.91. The van der Waals surface area contributed by atoms with Gasteiger partial charge in [0.2, 0.25) is 0 Å². The molecule has 2 amide bonds. The highest BCUT2D eigenvalue weighted by Gasteiger charge is 1.98. The zero-order valence-electron chi connectivity index (χ0n) is 9.84. The maximum atomic E-state index is 10.4. The van der Waals surface area contributed by atoms with E-state index in [2.05, 4.69) is 42.7 Å². The summed E-state index contributed by atoms with van der Waals surface area (Å²) >= 11 is 0. The number of urea groups is 1. The van der Waals surface area contributed by atoms with E-state index < -0.39 is 6.03 Å². The Labute approximate surface area is 96.2 Å². The smallest absolute Gasteiger partial charge is 0.312 e. The Kier molecular flexibility index (Phi) is 4.79. The summed E-state index contributed by atoms with van der Waals surface area (Å²) in [6.07, 6.45) is 0. The fraction of sp³-hybridized carbons (Fsp3) is 0.417. The molecule has 88 valence electrons. The van der Waals surface area contributed by atoms with E-state index in [4.69, 9.17) is 5.73 Å². The first-order chi connectivity index (χ1) is 7.59. The van der Waals surface area contributed by atoms with Crippen molar-refractivity contribution in [2.75, 3.05) is 13.1 Å². The van der Waals surface area contributed by atoms with Gasteiger partial charge in [-0.25, -0.2) is 4.79 Å². The minimum atomic E-state index is -0.478. The molecule has 0 fully saturated rings. The number of primary amides is 1. The van der Waals surface area contributed by atoms with Gasteiger partial charge >= 0.3 is 6.03 Å². The van der Waals surface area contributed by atoms with Gasteiger partial charge in [-0.15, -0.1) is 0 Å². The van der Waals surface area contributed by atoms with E-state index in [-0.39, 0.29) is 0 Å². The van der Waals surface area contributed by atoms with Crippen LogP contribution in [-0.2, 0) is 6.54 Å². The molecule has 4 nitrogen and oxygen atoms in total. The summed E-state index contributed by atoms with van der Waals surface area (Å²) in [5, 5.41) is 5.78. The van der Waals surface area contributed by atoms with Gasteiger partial charge in [0.15, 0.2) is 0 Å². The van der Waals surface area contributed by atoms with Crippen LogP contribution in [0.3, 0.4) is 0 Å². The van der Waals surface area contributed by atoms with Crippen LogP contribution in [0.25, 0.3) is 0 Å². The zero-order chi connectivity index (χ0) is 12.0. The summed E-state index contributed by atoms with van der Waals surface area (Å²) < 4.78 is 0. The lowest BCUT2D eigenvalue weighted by Crippen LogP contribution is -2.35. The summed E-state index contributed by atoms with van der Waals surface area (Å²) in [4.78, 5) is 10.4. The van der Waals surface area contributed by atoms with Crippen LogP contribution in [0.5, 0.6) is 0 Å². The highest BCUT2D eigenvalue weighted by molar-refractivity contribution is 5.71. The van der Waals surface area contributed by atoms with Gasteiger partial charge in [0.25, 0.3) is 0 Å². The lowest BCUT2D eigenvalue weighted by atomic mass is 10.1. The van der Waals surface area contributed by atoms with E-state index in [1.807, 2.05) is 0 Å². The Balaban J connectivity index is 2.29. The van der Waals surface area contributed by atoms with Gasteiger partial charge in [-0.05, 0) is 25.0 Å². The van der Waals surface area contributed by atoms with Gasteiger partial charge in [0, 0.05) is 19.6 Å². The second kappa shape index (κ2) is 6.12. The molecule has 0 aromatic heterocycles. The summed E-state index contributed by atoms with van der Waals surface area (Å²) in [5.74, 6) is 0. The molecule has 0 saturated heterocycles. The zero-order valence-corrected chi connectivity index (χ0v) is 9.84. The first-order valence-corrected chi connectivity index (χ1v) is 5.40. The molecule has 16 heavy (non-hydrogen) atoms. The van der Waals surface area contributed by atoms with Crippen LogP contribution in [0.1, 0.15) is 16.7 Å². The molecular weight excluding hydrogens is 202 g/mol. The molecule has 0 spiro atoms. The van der Waals surface area contributed by atoms with Crippen LogP contribution >= 0.6 is 0 Å². The maximum absolute atomic E-state index is 10.4. The van der Waals surface area contributed by atoms with Gasteiger partial charge in [0.1, 0.15) is 0 Å². The van der Waals surface area contributed by atoms with Crippen LogP contribution in [0.4, 0.5) is 4.79 Å². The SMILES string of the molecule is Cc1ccc(CNCCNC(N)=O)c(C)c1. The number of carbonyl (C=O) groups is 1. The van der Waals surface area contributed by atoms with Crippen LogP contribution in [-0.4, -0.2) is 19.1 Å². The van der Waals surface area contributed by atoms with Gasteiger partial charge < -0.3 is 16.4 Å². The summed E-state index contributed by atoms with van der Waals surface area (Å²) in [6.45, 7) is 6.27. The number of carbonyl (C=O) groups excluding carboxylic acids is 1. The molecule has 0 aliphatic heterocycles. The number of nitrogens with one attached hydrogen (secondary N) is 2. The third kappa shape index (κ3) is 4.31. The van der Waals surface area contributed by atoms with Crippen molar-refractivity contribution < 1.29 is 4.79 Å². The van der Waals surface area contributed by atoms with Crippen molar-refractivity contribution in [2.45, 2.75) is 20.4 Å². The molecule has 0 radical (unpaired) electrons. The molecule has 0 heterocycles. The molecular formula is C12H19N3O. The van der Waals surface area contributed by atoms with E-state index in [0.29, 0.717) is 6.54 Å². The second-order valence-electron chi connectivity index (χ2n) is 3.90. The molecule has 1 rings (SSSR count). The Bertz CT molecular complexity index is 363.